The standard InChI is InChI=1S/C22H23F2N7O2/c1-12-21(32)28-18-17(23)14(9-13-10-26-31(12)19(13)18)11-29-5-7-30(8-6-29)16-4-3-15(22(33)25-2)27-20(16)24/h3-4,9-10,12H,5-8,11H2,1-2H3,(H,25,33)(H,28,32)/t12-/m0/s1. The van der Waals surface area contributed by atoms with Crippen molar-refractivity contribution in [2.75, 3.05) is 43.4 Å². The first-order valence-corrected chi connectivity index (χ1v) is 10.7. The second kappa shape index (κ2) is 8.07. The molecular formula is C22H23F2N7O2. The van der Waals surface area contributed by atoms with Gasteiger partial charge in [-0.15, -0.1) is 0 Å². The number of nitrogens with zero attached hydrogens (tertiary/aromatic N) is 5. The molecule has 5 rings (SSSR count). The predicted octanol–water partition coefficient (Wildman–Crippen LogP) is 1.90. The van der Waals surface area contributed by atoms with Crippen LogP contribution in [-0.2, 0) is 11.3 Å². The lowest BCUT2D eigenvalue weighted by atomic mass is 10.1. The number of benzene rings is 1. The molecule has 172 valence electrons. The minimum atomic E-state index is -0.692. The Morgan fingerprint density at radius 1 is 1.24 bits per heavy atom. The van der Waals surface area contributed by atoms with Crippen molar-refractivity contribution in [3.05, 3.63) is 47.4 Å². The average Bonchev–Trinajstić information content (AvgIpc) is 3.24. The van der Waals surface area contributed by atoms with Crippen molar-refractivity contribution in [3.63, 3.8) is 0 Å². The number of anilines is 2. The molecule has 0 spiro atoms. The van der Waals surface area contributed by atoms with Crippen LogP contribution in [0, 0.1) is 11.8 Å². The predicted molar refractivity (Wildman–Crippen MR) is 118 cm³/mol. The van der Waals surface area contributed by atoms with Crippen molar-refractivity contribution in [2.24, 2.45) is 0 Å². The fourth-order valence-electron chi connectivity index (χ4n) is 4.42. The molecule has 4 heterocycles. The van der Waals surface area contributed by atoms with Gasteiger partial charge in [0.25, 0.3) is 5.91 Å². The largest absolute Gasteiger partial charge is 0.365 e. The number of aromatic nitrogens is 3. The zero-order chi connectivity index (χ0) is 23.3. The van der Waals surface area contributed by atoms with Gasteiger partial charge in [0.2, 0.25) is 11.9 Å². The molecule has 2 aliphatic rings. The van der Waals surface area contributed by atoms with E-state index in [0.29, 0.717) is 49.5 Å². The Morgan fingerprint density at radius 2 is 2.00 bits per heavy atom. The van der Waals surface area contributed by atoms with E-state index in [1.807, 2.05) is 4.90 Å². The lowest BCUT2D eigenvalue weighted by molar-refractivity contribution is -0.119. The molecule has 33 heavy (non-hydrogen) atoms. The van der Waals surface area contributed by atoms with E-state index in [0.717, 1.165) is 5.39 Å². The molecule has 0 radical (unpaired) electrons. The fourth-order valence-corrected chi connectivity index (χ4v) is 4.42. The maximum atomic E-state index is 15.3. The molecule has 11 heteroatoms. The Hall–Kier alpha value is -3.60. The Labute approximate surface area is 188 Å². The average molecular weight is 455 g/mol. The first-order chi connectivity index (χ1) is 15.9. The SMILES string of the molecule is CNC(=O)c1ccc(N2CCN(Cc3cc4cnn5c4c(c3F)NC(=O)[C@@H]5C)CC2)c(F)n1. The quantitative estimate of drug-likeness (QED) is 0.584. The molecule has 2 amide bonds. The van der Waals surface area contributed by atoms with Crippen LogP contribution in [0.3, 0.4) is 0 Å². The van der Waals surface area contributed by atoms with E-state index in [4.69, 9.17) is 0 Å². The van der Waals surface area contributed by atoms with Gasteiger partial charge in [-0.2, -0.15) is 9.49 Å². The summed E-state index contributed by atoms with van der Waals surface area (Å²) in [6.07, 6.45) is 1.65. The highest BCUT2D eigenvalue weighted by molar-refractivity contribution is 6.06. The summed E-state index contributed by atoms with van der Waals surface area (Å²) in [6, 6.07) is 4.33. The summed E-state index contributed by atoms with van der Waals surface area (Å²) in [6.45, 7) is 4.32. The summed E-state index contributed by atoms with van der Waals surface area (Å²) in [5.41, 5.74) is 1.60. The summed E-state index contributed by atoms with van der Waals surface area (Å²) in [4.78, 5) is 31.6. The molecule has 1 aromatic carbocycles. The van der Waals surface area contributed by atoms with Gasteiger partial charge < -0.3 is 15.5 Å². The Bertz CT molecular complexity index is 1270. The van der Waals surface area contributed by atoms with Gasteiger partial charge in [0, 0.05) is 50.7 Å². The van der Waals surface area contributed by atoms with E-state index in [1.165, 1.54) is 13.1 Å². The van der Waals surface area contributed by atoms with Gasteiger partial charge in [0.05, 0.1) is 17.4 Å². The third-order valence-corrected chi connectivity index (χ3v) is 6.28. The fraction of sp³-hybridized carbons (Fsp3) is 0.364. The topological polar surface area (TPSA) is 95.4 Å². The minimum Gasteiger partial charge on any atom is -0.365 e. The van der Waals surface area contributed by atoms with Crippen LogP contribution in [-0.4, -0.2) is 64.7 Å². The molecule has 1 saturated heterocycles. The number of hydrogen-bond acceptors (Lipinski definition) is 6. The summed E-state index contributed by atoms with van der Waals surface area (Å²) in [7, 11) is 1.46. The number of rotatable bonds is 4. The second-order valence-corrected chi connectivity index (χ2v) is 8.27. The van der Waals surface area contributed by atoms with E-state index in [1.54, 1.807) is 29.9 Å². The normalized spacial score (nSPS) is 18.5. The van der Waals surface area contributed by atoms with Gasteiger partial charge in [0.1, 0.15) is 17.4 Å². The number of pyridine rings is 1. The van der Waals surface area contributed by atoms with Crippen LogP contribution in [0.25, 0.3) is 10.9 Å². The molecule has 1 fully saturated rings. The number of nitrogens with one attached hydrogen (secondary N) is 2. The first kappa shape index (κ1) is 21.3. The van der Waals surface area contributed by atoms with Crippen molar-refractivity contribution in [1.29, 1.82) is 0 Å². The molecule has 0 bridgehead atoms. The zero-order valence-electron chi connectivity index (χ0n) is 18.2. The first-order valence-electron chi connectivity index (χ1n) is 10.7. The highest BCUT2D eigenvalue weighted by atomic mass is 19.1. The summed E-state index contributed by atoms with van der Waals surface area (Å²) < 4.78 is 31.3. The van der Waals surface area contributed by atoms with Crippen LogP contribution < -0.4 is 15.5 Å². The van der Waals surface area contributed by atoms with Crippen LogP contribution in [0.2, 0.25) is 0 Å². The molecule has 0 aliphatic carbocycles. The lowest BCUT2D eigenvalue weighted by Gasteiger charge is -2.36. The third kappa shape index (κ3) is 3.58. The second-order valence-electron chi connectivity index (χ2n) is 8.27. The molecule has 2 N–H and O–H groups in total. The van der Waals surface area contributed by atoms with Gasteiger partial charge in [-0.05, 0) is 25.1 Å². The van der Waals surface area contributed by atoms with Crippen molar-refractivity contribution in [3.8, 4) is 0 Å². The van der Waals surface area contributed by atoms with E-state index < -0.39 is 23.7 Å². The number of amides is 2. The van der Waals surface area contributed by atoms with Crippen molar-refractivity contribution < 1.29 is 18.4 Å². The molecule has 2 aliphatic heterocycles. The highest BCUT2D eigenvalue weighted by Crippen LogP contribution is 2.35. The summed E-state index contributed by atoms with van der Waals surface area (Å²) in [5, 5.41) is 10.1. The van der Waals surface area contributed by atoms with Crippen LogP contribution in [0.1, 0.15) is 29.0 Å². The molecular weight excluding hydrogens is 432 g/mol. The van der Waals surface area contributed by atoms with Crippen LogP contribution in [0.5, 0.6) is 0 Å². The molecule has 0 saturated carbocycles. The molecule has 1 atom stereocenters. The van der Waals surface area contributed by atoms with Gasteiger partial charge in [-0.3, -0.25) is 19.2 Å². The maximum absolute atomic E-state index is 15.3. The summed E-state index contributed by atoms with van der Waals surface area (Å²) >= 11 is 0. The van der Waals surface area contributed by atoms with Gasteiger partial charge in [0.15, 0.2) is 5.82 Å². The Morgan fingerprint density at radius 3 is 2.70 bits per heavy atom. The van der Waals surface area contributed by atoms with E-state index in [9.17, 15) is 14.0 Å². The van der Waals surface area contributed by atoms with Gasteiger partial charge in [-0.25, -0.2) is 9.37 Å². The zero-order valence-corrected chi connectivity index (χ0v) is 18.2. The monoisotopic (exact) mass is 455 g/mol. The summed E-state index contributed by atoms with van der Waals surface area (Å²) in [5.74, 6) is -1.89. The van der Waals surface area contributed by atoms with E-state index in [2.05, 4.69) is 25.6 Å². The Balaban J connectivity index is 1.31. The van der Waals surface area contributed by atoms with Crippen LogP contribution in [0.15, 0.2) is 24.4 Å². The number of piperazine rings is 1. The van der Waals surface area contributed by atoms with Crippen molar-refractivity contribution >= 4 is 34.1 Å². The number of carbonyl (C=O) groups excluding carboxylic acids is 2. The van der Waals surface area contributed by atoms with Crippen LogP contribution in [0.4, 0.5) is 20.2 Å². The molecule has 2 aromatic heterocycles. The minimum absolute atomic E-state index is 0.0250. The maximum Gasteiger partial charge on any atom is 0.269 e. The molecule has 9 nitrogen and oxygen atoms in total. The van der Waals surface area contributed by atoms with E-state index >= 15 is 4.39 Å². The Kier molecular flexibility index (Phi) is 5.20. The molecule has 0 unspecified atom stereocenters. The lowest BCUT2D eigenvalue weighted by Crippen LogP contribution is -2.46. The highest BCUT2D eigenvalue weighted by Gasteiger charge is 2.30. The van der Waals surface area contributed by atoms with Gasteiger partial charge >= 0.3 is 0 Å². The number of carbonyl (C=O) groups is 2. The number of hydrogen-bond donors (Lipinski definition) is 2. The molecule has 3 aromatic rings. The number of halogens is 2. The van der Waals surface area contributed by atoms with Crippen LogP contribution >= 0.6 is 0 Å². The van der Waals surface area contributed by atoms with Gasteiger partial charge in [-0.1, -0.05) is 0 Å². The van der Waals surface area contributed by atoms with Crippen molar-refractivity contribution in [2.45, 2.75) is 19.5 Å². The third-order valence-electron chi connectivity index (χ3n) is 6.28. The van der Waals surface area contributed by atoms with E-state index in [-0.39, 0.29) is 17.3 Å². The smallest absolute Gasteiger partial charge is 0.269 e. The van der Waals surface area contributed by atoms with Crippen molar-refractivity contribution in [1.82, 2.24) is 25.0 Å².